The van der Waals surface area contributed by atoms with E-state index in [-0.39, 0.29) is 24.1 Å². The number of aliphatic hydroxyl groups is 1. The van der Waals surface area contributed by atoms with Crippen LogP contribution < -0.4 is 10.6 Å². The van der Waals surface area contributed by atoms with Gasteiger partial charge in [0.15, 0.2) is 0 Å². The van der Waals surface area contributed by atoms with Gasteiger partial charge in [0.1, 0.15) is 0 Å². The minimum Gasteiger partial charge on any atom is -0.385 e. The fraction of sp³-hybridized carbons (Fsp3) is 0.481. The highest BCUT2D eigenvalue weighted by atomic mass is 19.4. The fourth-order valence-corrected chi connectivity index (χ4v) is 5.09. The number of amides is 2. The second-order valence-corrected chi connectivity index (χ2v) is 9.80. The van der Waals surface area contributed by atoms with Gasteiger partial charge in [-0.05, 0) is 61.4 Å². The summed E-state index contributed by atoms with van der Waals surface area (Å²) in [5.74, 6) is -1.11. The molecule has 1 heterocycles. The first-order valence-electron chi connectivity index (χ1n) is 12.4. The van der Waals surface area contributed by atoms with Gasteiger partial charge < -0.3 is 15.7 Å². The van der Waals surface area contributed by atoms with E-state index in [9.17, 15) is 27.9 Å². The number of aryl methyl sites for hydroxylation is 1. The van der Waals surface area contributed by atoms with E-state index in [1.54, 1.807) is 0 Å². The van der Waals surface area contributed by atoms with E-state index in [1.165, 1.54) is 11.6 Å². The zero-order valence-corrected chi connectivity index (χ0v) is 20.3. The summed E-state index contributed by atoms with van der Waals surface area (Å²) in [4.78, 5) is 26.7. The van der Waals surface area contributed by atoms with Gasteiger partial charge in [-0.1, -0.05) is 37.3 Å². The minimum atomic E-state index is -4.54. The number of carbonyl (C=O) groups excluding carboxylic acids is 2. The van der Waals surface area contributed by atoms with Crippen molar-refractivity contribution in [2.75, 3.05) is 19.6 Å². The van der Waals surface area contributed by atoms with Gasteiger partial charge >= 0.3 is 6.18 Å². The van der Waals surface area contributed by atoms with Crippen molar-refractivity contribution in [3.63, 3.8) is 0 Å². The highest BCUT2D eigenvalue weighted by Gasteiger charge is 2.40. The number of hydrogen-bond acceptors (Lipinski definition) is 4. The zero-order valence-electron chi connectivity index (χ0n) is 20.3. The number of hydrogen-bond donors (Lipinski definition) is 3. The van der Waals surface area contributed by atoms with Crippen molar-refractivity contribution in [3.05, 3.63) is 70.8 Å². The molecule has 6 nitrogen and oxygen atoms in total. The molecular weight excluding hydrogens is 471 g/mol. The second kappa shape index (κ2) is 10.6. The maximum atomic E-state index is 12.8. The van der Waals surface area contributed by atoms with E-state index in [4.69, 9.17) is 0 Å². The molecule has 2 amide bonds. The predicted octanol–water partition coefficient (Wildman–Crippen LogP) is 3.63. The summed E-state index contributed by atoms with van der Waals surface area (Å²) in [7, 11) is 0. The van der Waals surface area contributed by atoms with Crippen LogP contribution in [0.1, 0.15) is 59.7 Å². The van der Waals surface area contributed by atoms with Gasteiger partial charge in [-0.25, -0.2) is 0 Å². The van der Waals surface area contributed by atoms with Crippen LogP contribution in [0.2, 0.25) is 0 Å². The zero-order chi connectivity index (χ0) is 25.9. The molecule has 2 aromatic carbocycles. The van der Waals surface area contributed by atoms with Crippen molar-refractivity contribution in [1.29, 1.82) is 0 Å². The Morgan fingerprint density at radius 1 is 1.08 bits per heavy atom. The summed E-state index contributed by atoms with van der Waals surface area (Å²) in [5, 5.41) is 16.4. The molecule has 194 valence electrons. The molecule has 3 N–H and O–H groups in total. The average molecular weight is 504 g/mol. The lowest BCUT2D eigenvalue weighted by Crippen LogP contribution is -2.63. The van der Waals surface area contributed by atoms with Crippen molar-refractivity contribution in [2.24, 2.45) is 0 Å². The van der Waals surface area contributed by atoms with Crippen LogP contribution in [0.25, 0.3) is 0 Å². The lowest BCUT2D eigenvalue weighted by Gasteiger charge is -2.48. The lowest BCUT2D eigenvalue weighted by molar-refractivity contribution is -0.137. The van der Waals surface area contributed by atoms with Crippen molar-refractivity contribution < 1.29 is 27.9 Å². The highest BCUT2D eigenvalue weighted by molar-refractivity contribution is 5.96. The quantitative estimate of drug-likeness (QED) is 0.539. The topological polar surface area (TPSA) is 81.7 Å². The SMILES string of the molecule is CCc1cccc(C2(O)CCC(N3CC(NC(=O)CNC(=O)c4cccc(C(F)(F)F)c4)C3)CC2)c1. The molecule has 0 aromatic heterocycles. The van der Waals surface area contributed by atoms with Gasteiger partial charge in [-0.3, -0.25) is 14.5 Å². The molecule has 1 aliphatic carbocycles. The Bertz CT molecular complexity index is 1090. The van der Waals surface area contributed by atoms with Crippen molar-refractivity contribution in [2.45, 2.75) is 62.9 Å². The Morgan fingerprint density at radius 2 is 1.78 bits per heavy atom. The molecule has 0 bridgehead atoms. The summed E-state index contributed by atoms with van der Waals surface area (Å²) in [6.45, 7) is 3.19. The summed E-state index contributed by atoms with van der Waals surface area (Å²) >= 11 is 0. The first-order chi connectivity index (χ1) is 17.1. The molecule has 2 fully saturated rings. The third-order valence-corrected chi connectivity index (χ3v) is 7.31. The van der Waals surface area contributed by atoms with Crippen LogP contribution >= 0.6 is 0 Å². The number of nitrogens with zero attached hydrogens (tertiary/aromatic N) is 1. The number of nitrogens with one attached hydrogen (secondary N) is 2. The van der Waals surface area contributed by atoms with Crippen molar-refractivity contribution >= 4 is 11.8 Å². The summed E-state index contributed by atoms with van der Waals surface area (Å²) < 4.78 is 38.5. The third kappa shape index (κ3) is 6.07. The smallest absolute Gasteiger partial charge is 0.385 e. The monoisotopic (exact) mass is 503 g/mol. The molecule has 0 spiro atoms. The number of benzene rings is 2. The largest absolute Gasteiger partial charge is 0.416 e. The van der Waals surface area contributed by atoms with Crippen LogP contribution in [0.5, 0.6) is 0 Å². The van der Waals surface area contributed by atoms with Crippen LogP contribution in [0.3, 0.4) is 0 Å². The minimum absolute atomic E-state index is 0.0370. The molecule has 1 saturated heterocycles. The molecule has 36 heavy (non-hydrogen) atoms. The first-order valence-corrected chi connectivity index (χ1v) is 12.4. The summed E-state index contributed by atoms with van der Waals surface area (Å²) in [6, 6.07) is 12.6. The number of carbonyl (C=O) groups is 2. The molecule has 0 radical (unpaired) electrons. The van der Waals surface area contributed by atoms with Crippen LogP contribution in [-0.2, 0) is 23.0 Å². The van der Waals surface area contributed by atoms with Crippen molar-refractivity contribution in [3.8, 4) is 0 Å². The highest BCUT2D eigenvalue weighted by Crippen LogP contribution is 2.39. The molecule has 0 unspecified atom stereocenters. The normalized spacial score (nSPS) is 23.1. The van der Waals surface area contributed by atoms with E-state index >= 15 is 0 Å². The van der Waals surface area contributed by atoms with Gasteiger partial charge in [0.2, 0.25) is 5.91 Å². The van der Waals surface area contributed by atoms with Gasteiger partial charge in [0, 0.05) is 24.7 Å². The number of likely N-dealkylation sites (tertiary alicyclic amines) is 1. The van der Waals surface area contributed by atoms with E-state index < -0.39 is 23.2 Å². The molecule has 1 aliphatic heterocycles. The summed E-state index contributed by atoms with van der Waals surface area (Å²) in [6.07, 6.45) is -0.468. The molecule has 2 aliphatic rings. The molecule has 1 saturated carbocycles. The standard InChI is InChI=1S/C27H32F3N3O3/c1-2-18-5-3-7-20(13-18)26(36)11-9-23(10-12-26)33-16-22(17-33)32-24(34)15-31-25(35)19-6-4-8-21(14-19)27(28,29)30/h3-8,13-14,22-23,36H,2,9-12,15-17H2,1H3,(H,31,35)(H,32,34). The van der Waals surface area contributed by atoms with Crippen LogP contribution in [0, 0.1) is 0 Å². The Morgan fingerprint density at radius 3 is 2.44 bits per heavy atom. The lowest BCUT2D eigenvalue weighted by atomic mass is 9.76. The number of rotatable bonds is 7. The fourth-order valence-electron chi connectivity index (χ4n) is 5.09. The molecule has 0 atom stereocenters. The Hall–Kier alpha value is -2.91. The van der Waals surface area contributed by atoms with Crippen LogP contribution in [0.15, 0.2) is 48.5 Å². The number of halogens is 3. The molecule has 2 aromatic rings. The Balaban J connectivity index is 1.18. The maximum Gasteiger partial charge on any atom is 0.416 e. The van der Waals surface area contributed by atoms with Crippen molar-refractivity contribution in [1.82, 2.24) is 15.5 Å². The van der Waals surface area contributed by atoms with E-state index in [1.807, 2.05) is 12.1 Å². The molecule has 9 heteroatoms. The van der Waals surface area contributed by atoms with E-state index in [0.717, 1.165) is 43.0 Å². The molecule has 4 rings (SSSR count). The predicted molar refractivity (Wildman–Crippen MR) is 129 cm³/mol. The maximum absolute atomic E-state index is 12.8. The van der Waals surface area contributed by atoms with Gasteiger partial charge in [-0.15, -0.1) is 0 Å². The number of alkyl halides is 3. The van der Waals surface area contributed by atoms with Crippen LogP contribution in [-0.4, -0.2) is 53.5 Å². The Kier molecular flexibility index (Phi) is 7.70. The molecular formula is C27H32F3N3O3. The second-order valence-electron chi connectivity index (χ2n) is 9.80. The Labute approximate surface area is 208 Å². The summed E-state index contributed by atoms with van der Waals surface area (Å²) in [5.41, 5.74) is 0.352. The van der Waals surface area contributed by atoms with Gasteiger partial charge in [-0.2, -0.15) is 13.2 Å². The van der Waals surface area contributed by atoms with Gasteiger partial charge in [0.05, 0.1) is 23.8 Å². The third-order valence-electron chi connectivity index (χ3n) is 7.31. The average Bonchev–Trinajstić information content (AvgIpc) is 2.85. The van der Waals surface area contributed by atoms with E-state index in [0.29, 0.717) is 32.0 Å². The van der Waals surface area contributed by atoms with E-state index in [2.05, 4.69) is 34.6 Å². The first kappa shape index (κ1) is 26.2. The van der Waals surface area contributed by atoms with Gasteiger partial charge in [0.25, 0.3) is 5.91 Å². The van der Waals surface area contributed by atoms with Crippen LogP contribution in [0.4, 0.5) is 13.2 Å².